The maximum atomic E-state index is 5.52. The fourth-order valence-electron chi connectivity index (χ4n) is 3.08. The molecule has 2 aromatic carbocycles. The molecule has 1 aliphatic heterocycles. The van der Waals surface area contributed by atoms with E-state index < -0.39 is 0 Å². The third-order valence-electron chi connectivity index (χ3n) is 4.42. The summed E-state index contributed by atoms with van der Waals surface area (Å²) in [7, 11) is 0. The lowest BCUT2D eigenvalue weighted by atomic mass is 10.2. The van der Waals surface area contributed by atoms with E-state index in [1.165, 1.54) is 11.8 Å². The molecule has 0 saturated carbocycles. The van der Waals surface area contributed by atoms with Crippen LogP contribution < -0.4 is 9.47 Å². The Balaban J connectivity index is 1.47. The maximum Gasteiger partial charge on any atom is 0.231 e. The van der Waals surface area contributed by atoms with Crippen molar-refractivity contribution in [3.63, 3.8) is 0 Å². The summed E-state index contributed by atoms with van der Waals surface area (Å²) in [6.45, 7) is 2.63. The largest absolute Gasteiger partial charge is 0.454 e. The number of hydrogen-bond acceptors (Lipinski definition) is 8. The zero-order chi connectivity index (χ0) is 19.6. The van der Waals surface area contributed by atoms with Gasteiger partial charge in [0.15, 0.2) is 22.5 Å². The van der Waals surface area contributed by atoms with Crippen molar-refractivity contribution in [2.24, 2.45) is 0 Å². The van der Waals surface area contributed by atoms with E-state index in [4.69, 9.17) is 13.9 Å². The summed E-state index contributed by atoms with van der Waals surface area (Å²) in [5.41, 5.74) is 2.07. The van der Waals surface area contributed by atoms with Crippen molar-refractivity contribution >= 4 is 11.8 Å². The number of thioether (sulfide) groups is 1. The van der Waals surface area contributed by atoms with Crippen LogP contribution in [0.4, 0.5) is 0 Å². The summed E-state index contributed by atoms with van der Waals surface area (Å²) in [4.78, 5) is 0. The number of fused-ring (bicyclic) bond motifs is 1. The van der Waals surface area contributed by atoms with Crippen molar-refractivity contribution in [3.05, 3.63) is 65.9 Å². The molecule has 4 aromatic rings. The van der Waals surface area contributed by atoms with Crippen molar-refractivity contribution in [2.75, 3.05) is 6.79 Å². The number of aromatic nitrogens is 5. The Hall–Kier alpha value is -3.33. The third-order valence-corrected chi connectivity index (χ3v) is 5.37. The lowest BCUT2D eigenvalue weighted by Gasteiger charge is -2.10. The minimum absolute atomic E-state index is 0.255. The summed E-state index contributed by atoms with van der Waals surface area (Å²) in [5, 5.41) is 17.6. The van der Waals surface area contributed by atoms with E-state index in [0.29, 0.717) is 24.1 Å². The predicted molar refractivity (Wildman–Crippen MR) is 106 cm³/mol. The highest BCUT2D eigenvalue weighted by molar-refractivity contribution is 7.98. The van der Waals surface area contributed by atoms with Crippen LogP contribution in [-0.2, 0) is 12.3 Å². The Labute approximate surface area is 170 Å². The van der Waals surface area contributed by atoms with Crippen molar-refractivity contribution in [1.29, 1.82) is 0 Å². The Morgan fingerprint density at radius 1 is 0.966 bits per heavy atom. The molecule has 2 aromatic heterocycles. The highest BCUT2D eigenvalue weighted by Crippen LogP contribution is 2.34. The number of rotatable bonds is 6. The SMILES string of the molecule is Cc1nnc(CSc2nnc(-c3ccccc3)n2Cc2ccc3c(c2)OCO3)o1. The summed E-state index contributed by atoms with van der Waals surface area (Å²) < 4.78 is 18.5. The van der Waals surface area contributed by atoms with Crippen LogP contribution in [0.5, 0.6) is 11.5 Å². The Morgan fingerprint density at radius 2 is 1.83 bits per heavy atom. The number of ether oxygens (including phenoxy) is 2. The second kappa shape index (κ2) is 7.59. The molecule has 29 heavy (non-hydrogen) atoms. The van der Waals surface area contributed by atoms with E-state index in [9.17, 15) is 0 Å². The number of benzene rings is 2. The summed E-state index contributed by atoms with van der Waals surface area (Å²) in [6, 6.07) is 16.0. The van der Waals surface area contributed by atoms with Crippen LogP contribution >= 0.6 is 11.8 Å². The number of aryl methyl sites for hydroxylation is 1. The third kappa shape index (κ3) is 3.68. The van der Waals surface area contributed by atoms with Gasteiger partial charge in [0, 0.05) is 12.5 Å². The van der Waals surface area contributed by atoms with Crippen LogP contribution in [-0.4, -0.2) is 31.8 Å². The van der Waals surface area contributed by atoms with Crippen LogP contribution in [0.3, 0.4) is 0 Å². The first-order valence-electron chi connectivity index (χ1n) is 9.05. The Kier molecular flexibility index (Phi) is 4.65. The van der Waals surface area contributed by atoms with Gasteiger partial charge in [0.05, 0.1) is 12.3 Å². The minimum Gasteiger partial charge on any atom is -0.454 e. The summed E-state index contributed by atoms with van der Waals surface area (Å²) >= 11 is 1.51. The van der Waals surface area contributed by atoms with Gasteiger partial charge in [-0.2, -0.15) is 0 Å². The summed E-state index contributed by atoms with van der Waals surface area (Å²) in [6.07, 6.45) is 0. The van der Waals surface area contributed by atoms with Gasteiger partial charge in [-0.1, -0.05) is 48.2 Å². The smallest absolute Gasteiger partial charge is 0.231 e. The molecule has 0 atom stereocenters. The monoisotopic (exact) mass is 407 g/mol. The molecule has 0 aliphatic carbocycles. The molecule has 0 saturated heterocycles. The van der Waals surface area contributed by atoms with Crippen LogP contribution in [0, 0.1) is 6.92 Å². The molecule has 146 valence electrons. The van der Waals surface area contributed by atoms with Gasteiger partial charge in [-0.3, -0.25) is 4.57 Å². The second-order valence-electron chi connectivity index (χ2n) is 6.45. The van der Waals surface area contributed by atoms with Gasteiger partial charge in [0.2, 0.25) is 18.6 Å². The lowest BCUT2D eigenvalue weighted by Crippen LogP contribution is -2.04. The van der Waals surface area contributed by atoms with Gasteiger partial charge in [-0.05, 0) is 17.7 Å². The molecule has 3 heterocycles. The van der Waals surface area contributed by atoms with Crippen molar-refractivity contribution in [2.45, 2.75) is 24.4 Å². The Bertz CT molecular complexity index is 1140. The van der Waals surface area contributed by atoms with Gasteiger partial charge < -0.3 is 13.9 Å². The van der Waals surface area contributed by atoms with Crippen LogP contribution in [0.15, 0.2) is 58.1 Å². The first-order chi connectivity index (χ1) is 14.3. The van der Waals surface area contributed by atoms with Crippen LogP contribution in [0.25, 0.3) is 11.4 Å². The molecule has 0 unspecified atom stereocenters. The van der Waals surface area contributed by atoms with Gasteiger partial charge in [-0.25, -0.2) is 0 Å². The molecule has 0 amide bonds. The van der Waals surface area contributed by atoms with Gasteiger partial charge in [-0.15, -0.1) is 20.4 Å². The first kappa shape index (κ1) is 17.7. The normalized spacial score (nSPS) is 12.4. The molecular formula is C20H17N5O3S. The molecule has 1 aliphatic rings. The molecule has 0 spiro atoms. The van der Waals surface area contributed by atoms with Gasteiger partial charge in [0.1, 0.15) is 0 Å². The van der Waals surface area contributed by atoms with E-state index in [1.54, 1.807) is 6.92 Å². The van der Waals surface area contributed by atoms with Crippen LogP contribution in [0.1, 0.15) is 17.3 Å². The predicted octanol–water partition coefficient (Wildman–Crippen LogP) is 3.71. The van der Waals surface area contributed by atoms with E-state index in [1.807, 2.05) is 48.5 Å². The van der Waals surface area contributed by atoms with E-state index >= 15 is 0 Å². The standard InChI is InChI=1S/C20H17N5O3S/c1-13-21-22-18(28-13)11-29-20-24-23-19(15-5-3-2-4-6-15)25(20)10-14-7-8-16-17(9-14)27-12-26-16/h2-9H,10-12H2,1H3. The van der Waals surface area contributed by atoms with Crippen molar-refractivity contribution < 1.29 is 13.9 Å². The number of hydrogen-bond donors (Lipinski definition) is 0. The molecule has 0 fully saturated rings. The lowest BCUT2D eigenvalue weighted by molar-refractivity contribution is 0.174. The second-order valence-corrected chi connectivity index (χ2v) is 7.39. The summed E-state index contributed by atoms with van der Waals surface area (Å²) in [5.74, 6) is 3.95. The quantitative estimate of drug-likeness (QED) is 0.447. The first-order valence-corrected chi connectivity index (χ1v) is 10.0. The highest BCUT2D eigenvalue weighted by atomic mass is 32.2. The van der Waals surface area contributed by atoms with Gasteiger partial charge >= 0.3 is 0 Å². The molecule has 0 bridgehead atoms. The zero-order valence-electron chi connectivity index (χ0n) is 15.6. The van der Waals surface area contributed by atoms with E-state index in [-0.39, 0.29) is 6.79 Å². The molecule has 0 radical (unpaired) electrons. The fourth-order valence-corrected chi connectivity index (χ4v) is 3.86. The van der Waals surface area contributed by atoms with Gasteiger partial charge in [0.25, 0.3) is 0 Å². The molecular weight excluding hydrogens is 390 g/mol. The maximum absolute atomic E-state index is 5.52. The molecule has 0 N–H and O–H groups in total. The minimum atomic E-state index is 0.255. The molecule has 5 rings (SSSR count). The van der Waals surface area contributed by atoms with Crippen molar-refractivity contribution in [1.82, 2.24) is 25.0 Å². The topological polar surface area (TPSA) is 88.1 Å². The number of nitrogens with zero attached hydrogens (tertiary/aromatic N) is 5. The average Bonchev–Trinajstić information content (AvgIpc) is 3.47. The van der Waals surface area contributed by atoms with E-state index in [2.05, 4.69) is 25.0 Å². The fraction of sp³-hybridized carbons (Fsp3) is 0.200. The van der Waals surface area contributed by atoms with Crippen LogP contribution in [0.2, 0.25) is 0 Å². The molecule has 8 nitrogen and oxygen atoms in total. The zero-order valence-corrected chi connectivity index (χ0v) is 16.4. The average molecular weight is 407 g/mol. The Morgan fingerprint density at radius 3 is 2.66 bits per heavy atom. The van der Waals surface area contributed by atoms with Crippen molar-refractivity contribution in [3.8, 4) is 22.9 Å². The highest BCUT2D eigenvalue weighted by Gasteiger charge is 2.18. The molecule has 9 heteroatoms. The van der Waals surface area contributed by atoms with E-state index in [0.717, 1.165) is 33.6 Å².